The highest BCUT2D eigenvalue weighted by atomic mass is 16.6. The van der Waals surface area contributed by atoms with E-state index in [0.717, 1.165) is 0 Å². The third kappa shape index (κ3) is 18.4. The van der Waals surface area contributed by atoms with Crippen LogP contribution in [0.15, 0.2) is 72.8 Å². The molecule has 4 aromatic carbocycles. The molecule has 3 aliphatic rings. The van der Waals surface area contributed by atoms with Gasteiger partial charge in [-0.25, -0.2) is 0 Å². The number of ether oxygens (including phenoxy) is 15. The second-order valence-corrected chi connectivity index (χ2v) is 15.7. The van der Waals surface area contributed by atoms with Gasteiger partial charge in [0.15, 0.2) is 34.5 Å². The minimum atomic E-state index is -0.621. The number of carbonyl (C=O) groups is 3. The number of nitrogens with one attached hydrogen (secondary N) is 3. The lowest BCUT2D eigenvalue weighted by Gasteiger charge is -2.16. The average Bonchev–Trinajstić information content (AvgIpc) is 3.41. The van der Waals surface area contributed by atoms with Crippen LogP contribution in [0.25, 0.3) is 0 Å². The molecular weight excluding hydrogens is 943 g/mol. The van der Waals surface area contributed by atoms with E-state index in [1.807, 2.05) is 0 Å². The number of rotatable bonds is 6. The quantitative estimate of drug-likeness (QED) is 0.233. The van der Waals surface area contributed by atoms with Gasteiger partial charge in [0.2, 0.25) is 0 Å². The molecule has 0 spiro atoms. The van der Waals surface area contributed by atoms with Crippen molar-refractivity contribution < 1.29 is 85.4 Å². The number of carbonyl (C=O) groups excluding carboxylic acids is 3. The largest absolute Gasteiger partial charge is 0.487 e. The van der Waals surface area contributed by atoms with Gasteiger partial charge < -0.3 is 87.0 Å². The molecule has 3 amide bonds. The number of hydrogen-bond donors (Lipinski definition) is 3. The van der Waals surface area contributed by atoms with Crippen molar-refractivity contribution in [1.29, 1.82) is 0 Å². The molecule has 390 valence electrons. The molecule has 0 aromatic heterocycles. The fourth-order valence-corrected chi connectivity index (χ4v) is 6.97. The summed E-state index contributed by atoms with van der Waals surface area (Å²) in [7, 11) is 0. The Labute approximate surface area is 417 Å². The first-order chi connectivity index (χ1) is 35.5. The Hall–Kier alpha value is -6.27. The maximum atomic E-state index is 14.2. The molecule has 0 atom stereocenters. The topological polar surface area (TPSA) is 226 Å². The maximum absolute atomic E-state index is 14.2. The van der Waals surface area contributed by atoms with E-state index in [-0.39, 0.29) is 76.2 Å². The SMILES string of the molecule is O=C(Nc1ccc2c(c1)OCCOCCOCCOCCO2)c1cc(C(=O)Nc2ccc3c(c2)OCCOCCOCCOCCO3)cc(C(=O)Nc2ccc3c(c2)OCCOCCOCCOCCO3)c1. The van der Waals surface area contributed by atoms with E-state index in [9.17, 15) is 14.4 Å². The molecule has 21 nitrogen and oxygen atoms in total. The van der Waals surface area contributed by atoms with E-state index in [2.05, 4.69) is 16.0 Å². The predicted octanol–water partition coefficient (Wildman–Crippen LogP) is 4.91. The molecular formula is C51H63N3O18. The number of fused-ring (bicyclic) bond motifs is 3. The highest BCUT2D eigenvalue weighted by Crippen LogP contribution is 2.34. The van der Waals surface area contributed by atoms with Gasteiger partial charge in [-0.2, -0.15) is 0 Å². The Morgan fingerprint density at radius 1 is 0.250 bits per heavy atom. The summed E-state index contributed by atoms with van der Waals surface area (Å²) in [6.07, 6.45) is 0. The van der Waals surface area contributed by atoms with E-state index in [1.54, 1.807) is 54.6 Å². The third-order valence-corrected chi connectivity index (χ3v) is 10.5. The van der Waals surface area contributed by atoms with Crippen molar-refractivity contribution in [2.24, 2.45) is 0 Å². The third-order valence-electron chi connectivity index (χ3n) is 10.5. The second-order valence-electron chi connectivity index (χ2n) is 15.7. The average molecular weight is 1010 g/mol. The summed E-state index contributed by atoms with van der Waals surface area (Å²) >= 11 is 0. The van der Waals surface area contributed by atoms with Crippen LogP contribution < -0.4 is 44.4 Å². The van der Waals surface area contributed by atoms with E-state index >= 15 is 0 Å². The molecule has 72 heavy (non-hydrogen) atoms. The van der Waals surface area contributed by atoms with Gasteiger partial charge in [0.25, 0.3) is 17.7 Å². The van der Waals surface area contributed by atoms with E-state index in [0.29, 0.717) is 151 Å². The Morgan fingerprint density at radius 2 is 0.444 bits per heavy atom. The van der Waals surface area contributed by atoms with E-state index < -0.39 is 17.7 Å². The molecule has 3 heterocycles. The van der Waals surface area contributed by atoms with Crippen LogP contribution in [0, 0.1) is 0 Å². The van der Waals surface area contributed by atoms with E-state index in [4.69, 9.17) is 71.1 Å². The molecule has 4 aromatic rings. The zero-order valence-corrected chi connectivity index (χ0v) is 40.2. The van der Waals surface area contributed by atoms with Crippen LogP contribution in [0.3, 0.4) is 0 Å². The number of amides is 3. The zero-order chi connectivity index (χ0) is 49.8. The predicted molar refractivity (Wildman–Crippen MR) is 260 cm³/mol. The molecule has 21 heteroatoms. The molecule has 0 fully saturated rings. The van der Waals surface area contributed by atoms with Crippen LogP contribution in [0.4, 0.5) is 17.1 Å². The number of hydrogen-bond acceptors (Lipinski definition) is 18. The van der Waals surface area contributed by atoms with Gasteiger partial charge in [0, 0.05) is 52.0 Å². The van der Waals surface area contributed by atoms with Crippen molar-refractivity contribution in [3.8, 4) is 34.5 Å². The first-order valence-electron chi connectivity index (χ1n) is 24.0. The van der Waals surface area contributed by atoms with Crippen molar-refractivity contribution in [1.82, 2.24) is 0 Å². The highest BCUT2D eigenvalue weighted by molar-refractivity contribution is 6.13. The first-order valence-corrected chi connectivity index (χ1v) is 24.0. The van der Waals surface area contributed by atoms with Crippen molar-refractivity contribution in [3.63, 3.8) is 0 Å². The summed E-state index contributed by atoms with van der Waals surface area (Å²) in [6.45, 7) is 8.15. The Bertz CT molecular complexity index is 2050. The maximum Gasteiger partial charge on any atom is 0.255 e. The standard InChI is InChI=1S/C51H63N3O18/c55-49(52-40-1-4-43-46(34-40)70-28-22-64-16-10-58-7-13-61-19-25-67-43)37-31-38(50(56)53-41-2-5-44-47(35-41)71-29-23-65-17-11-59-8-14-62-20-26-68-44)33-39(32-37)51(57)54-42-3-6-45-48(36-42)72-30-24-66-18-12-60-9-15-63-21-27-69-45/h1-6,31-36H,7-30H2,(H,52,55)(H,53,56)(H,54,57). The molecule has 0 saturated heterocycles. The molecule has 3 N–H and O–H groups in total. The number of benzene rings is 4. The van der Waals surface area contributed by atoms with E-state index in [1.165, 1.54) is 18.2 Å². The Morgan fingerprint density at radius 3 is 0.667 bits per heavy atom. The van der Waals surface area contributed by atoms with Crippen LogP contribution in [-0.4, -0.2) is 176 Å². The van der Waals surface area contributed by atoms with Crippen LogP contribution in [-0.2, 0) is 42.6 Å². The number of anilines is 3. The lowest BCUT2D eigenvalue weighted by Crippen LogP contribution is -2.19. The van der Waals surface area contributed by atoms with Crippen molar-refractivity contribution in [3.05, 3.63) is 89.5 Å². The van der Waals surface area contributed by atoms with Crippen LogP contribution in [0.2, 0.25) is 0 Å². The lowest BCUT2D eigenvalue weighted by molar-refractivity contribution is 0.00708. The fourth-order valence-electron chi connectivity index (χ4n) is 6.97. The van der Waals surface area contributed by atoms with Gasteiger partial charge in [0.05, 0.1) is 119 Å². The molecule has 0 radical (unpaired) electrons. The fraction of sp³-hybridized carbons (Fsp3) is 0.471. The highest BCUT2D eigenvalue weighted by Gasteiger charge is 2.20. The lowest BCUT2D eigenvalue weighted by atomic mass is 10.0. The monoisotopic (exact) mass is 1010 g/mol. The normalized spacial score (nSPS) is 17.8. The Kier molecular flexibility index (Phi) is 22.7. The summed E-state index contributed by atoms with van der Waals surface area (Å²) < 4.78 is 86.0. The van der Waals surface area contributed by atoms with Gasteiger partial charge in [-0.3, -0.25) is 14.4 Å². The van der Waals surface area contributed by atoms with Gasteiger partial charge in [0.1, 0.15) is 39.6 Å². The van der Waals surface area contributed by atoms with Crippen molar-refractivity contribution >= 4 is 34.8 Å². The van der Waals surface area contributed by atoms with Crippen LogP contribution in [0.1, 0.15) is 31.1 Å². The van der Waals surface area contributed by atoms with Gasteiger partial charge in [-0.1, -0.05) is 0 Å². The Balaban J connectivity index is 1.13. The molecule has 0 unspecified atom stereocenters. The summed E-state index contributed by atoms with van der Waals surface area (Å²) in [4.78, 5) is 42.6. The van der Waals surface area contributed by atoms with Gasteiger partial charge in [-0.15, -0.1) is 0 Å². The molecule has 0 saturated carbocycles. The molecule has 0 aliphatic carbocycles. The second kappa shape index (κ2) is 30.6. The summed E-state index contributed by atoms with van der Waals surface area (Å²) in [5.74, 6) is 0.505. The molecule has 0 bridgehead atoms. The smallest absolute Gasteiger partial charge is 0.255 e. The molecule has 3 aliphatic heterocycles. The first kappa shape index (κ1) is 53.5. The molecule has 7 rings (SSSR count). The minimum Gasteiger partial charge on any atom is -0.487 e. The van der Waals surface area contributed by atoms with Gasteiger partial charge >= 0.3 is 0 Å². The van der Waals surface area contributed by atoms with Crippen molar-refractivity contribution in [2.45, 2.75) is 0 Å². The van der Waals surface area contributed by atoms with Gasteiger partial charge in [-0.05, 0) is 54.6 Å². The summed E-state index contributed by atoms with van der Waals surface area (Å²) in [5.41, 5.74) is 1.07. The van der Waals surface area contributed by atoms with Crippen LogP contribution >= 0.6 is 0 Å². The summed E-state index contributed by atoms with van der Waals surface area (Å²) in [5, 5.41) is 8.63. The zero-order valence-electron chi connectivity index (χ0n) is 40.2. The summed E-state index contributed by atoms with van der Waals surface area (Å²) in [6, 6.07) is 19.0. The van der Waals surface area contributed by atoms with Crippen molar-refractivity contribution in [2.75, 3.05) is 175 Å². The van der Waals surface area contributed by atoms with Crippen LogP contribution in [0.5, 0.6) is 34.5 Å². The minimum absolute atomic E-state index is 0.00239.